The van der Waals surface area contributed by atoms with Gasteiger partial charge in [0.25, 0.3) is 0 Å². The normalized spacial score (nSPS) is 25.5. The van der Waals surface area contributed by atoms with Gasteiger partial charge in [-0.3, -0.25) is 0 Å². The van der Waals surface area contributed by atoms with Crippen LogP contribution in [0, 0.1) is 17.8 Å². The van der Waals surface area contributed by atoms with Crippen molar-refractivity contribution in [1.29, 1.82) is 0 Å². The van der Waals surface area contributed by atoms with Crippen LogP contribution in [0.4, 0.5) is 4.79 Å². The van der Waals surface area contributed by atoms with Crippen LogP contribution in [-0.4, -0.2) is 64.6 Å². The fourth-order valence-electron chi connectivity index (χ4n) is 7.81. The third-order valence-electron chi connectivity index (χ3n) is 9.23. The molecule has 1 unspecified atom stereocenters. The minimum atomic E-state index is -3.73. The molecule has 0 saturated heterocycles. The summed E-state index contributed by atoms with van der Waals surface area (Å²) in [5.74, 6) is 2.46. The van der Waals surface area contributed by atoms with Gasteiger partial charge in [0, 0.05) is 30.6 Å². The molecule has 4 N–H and O–H groups in total. The molecule has 10 heteroatoms. The molecule has 2 amide bonds. The first-order chi connectivity index (χ1) is 20.2. The lowest BCUT2D eigenvalue weighted by atomic mass is 9.53. The SMILES string of the molecule is CC(O)c1cccc2c(S(=O)(=O)NCCOCCOCCCCCNC(=O)NC34CC5CC(CC(C5)C3)C4)cccc12. The van der Waals surface area contributed by atoms with E-state index in [1.165, 1.54) is 38.5 Å². The van der Waals surface area contributed by atoms with Crippen molar-refractivity contribution in [1.82, 2.24) is 15.4 Å². The summed E-state index contributed by atoms with van der Waals surface area (Å²) in [6.45, 7) is 4.20. The van der Waals surface area contributed by atoms with Crippen LogP contribution in [0.1, 0.15) is 76.4 Å². The molecule has 4 aliphatic carbocycles. The number of carbonyl (C=O) groups is 1. The van der Waals surface area contributed by atoms with Crippen LogP contribution < -0.4 is 15.4 Å². The van der Waals surface area contributed by atoms with E-state index in [2.05, 4.69) is 15.4 Å². The molecule has 2 aromatic carbocycles. The van der Waals surface area contributed by atoms with Crippen LogP contribution in [0.2, 0.25) is 0 Å². The van der Waals surface area contributed by atoms with E-state index in [1.54, 1.807) is 37.3 Å². The van der Waals surface area contributed by atoms with Crippen LogP contribution in [0.5, 0.6) is 0 Å². The molecule has 4 aliphatic rings. The summed E-state index contributed by atoms with van der Waals surface area (Å²) in [4.78, 5) is 12.7. The van der Waals surface area contributed by atoms with E-state index in [0.717, 1.165) is 42.4 Å². The zero-order valence-corrected chi connectivity index (χ0v) is 25.6. The summed E-state index contributed by atoms with van der Waals surface area (Å²) in [6, 6.07) is 10.4. The van der Waals surface area contributed by atoms with Gasteiger partial charge in [-0.25, -0.2) is 17.9 Å². The highest BCUT2D eigenvalue weighted by atomic mass is 32.2. The van der Waals surface area contributed by atoms with Crippen molar-refractivity contribution in [2.75, 3.05) is 39.5 Å². The van der Waals surface area contributed by atoms with E-state index < -0.39 is 16.1 Å². The number of sulfonamides is 1. The van der Waals surface area contributed by atoms with Gasteiger partial charge >= 0.3 is 6.03 Å². The molecule has 1 atom stereocenters. The van der Waals surface area contributed by atoms with E-state index in [9.17, 15) is 18.3 Å². The minimum absolute atomic E-state index is 0.00442. The van der Waals surface area contributed by atoms with Gasteiger partial charge in [-0.15, -0.1) is 0 Å². The Kier molecular flexibility index (Phi) is 10.4. The zero-order chi connectivity index (χ0) is 29.6. The molecule has 9 nitrogen and oxygen atoms in total. The quantitative estimate of drug-likeness (QED) is 0.208. The molecule has 0 aromatic heterocycles. The molecule has 4 saturated carbocycles. The monoisotopic (exact) mass is 601 g/mol. The highest BCUT2D eigenvalue weighted by Gasteiger charge is 2.51. The molecule has 42 heavy (non-hydrogen) atoms. The maximum Gasteiger partial charge on any atom is 0.315 e. The number of urea groups is 1. The van der Waals surface area contributed by atoms with Crippen molar-refractivity contribution in [3.05, 3.63) is 42.0 Å². The Balaban J connectivity index is 0.882. The van der Waals surface area contributed by atoms with Crippen LogP contribution >= 0.6 is 0 Å². The predicted molar refractivity (Wildman–Crippen MR) is 163 cm³/mol. The zero-order valence-electron chi connectivity index (χ0n) is 24.8. The summed E-state index contributed by atoms with van der Waals surface area (Å²) in [5, 5.41) is 17.7. The number of nitrogens with one attached hydrogen (secondary N) is 3. The lowest BCUT2D eigenvalue weighted by Crippen LogP contribution is -2.61. The van der Waals surface area contributed by atoms with Gasteiger partial charge in [-0.1, -0.05) is 30.3 Å². The van der Waals surface area contributed by atoms with Crippen molar-refractivity contribution < 1.29 is 27.8 Å². The van der Waals surface area contributed by atoms with Gasteiger partial charge in [0.15, 0.2) is 0 Å². The highest BCUT2D eigenvalue weighted by Crippen LogP contribution is 2.55. The molecule has 4 fully saturated rings. The molecule has 4 bridgehead atoms. The Hall–Kier alpha value is -2.24. The summed E-state index contributed by atoms with van der Waals surface area (Å²) in [7, 11) is -3.73. The third kappa shape index (κ3) is 7.82. The van der Waals surface area contributed by atoms with E-state index in [1.807, 2.05) is 6.07 Å². The molecule has 0 spiro atoms. The highest BCUT2D eigenvalue weighted by molar-refractivity contribution is 7.89. The van der Waals surface area contributed by atoms with Crippen LogP contribution in [0.25, 0.3) is 10.8 Å². The second-order valence-electron chi connectivity index (χ2n) is 12.6. The van der Waals surface area contributed by atoms with Gasteiger partial charge in [0.05, 0.1) is 30.8 Å². The first kappa shape index (κ1) is 31.2. The second-order valence-corrected chi connectivity index (χ2v) is 14.4. The van der Waals surface area contributed by atoms with Crippen molar-refractivity contribution in [3.8, 4) is 0 Å². The second kappa shape index (κ2) is 14.0. The summed E-state index contributed by atoms with van der Waals surface area (Å²) < 4.78 is 39.6. The number of amides is 2. The Labute approximate surface area is 250 Å². The Morgan fingerprint density at radius 3 is 2.21 bits per heavy atom. The smallest absolute Gasteiger partial charge is 0.315 e. The molecule has 2 aromatic rings. The van der Waals surface area contributed by atoms with Gasteiger partial charge < -0.3 is 25.2 Å². The van der Waals surface area contributed by atoms with E-state index in [0.29, 0.717) is 37.3 Å². The number of rotatable bonds is 16. The first-order valence-corrected chi connectivity index (χ1v) is 17.1. The topological polar surface area (TPSA) is 126 Å². The minimum Gasteiger partial charge on any atom is -0.389 e. The average Bonchev–Trinajstić information content (AvgIpc) is 2.93. The predicted octanol–water partition coefficient (Wildman–Crippen LogP) is 4.64. The molecular formula is C32H47N3O6S. The molecule has 232 valence electrons. The average molecular weight is 602 g/mol. The van der Waals surface area contributed by atoms with E-state index in [4.69, 9.17) is 9.47 Å². The standard InChI is InChI=1S/C32H47N3O6S/c1-23(36)27-7-5-9-29-28(27)8-6-10-30(29)42(38,39)34-12-14-41-16-15-40-13-4-2-3-11-33-31(37)35-32-20-24-17-25(21-32)19-26(18-24)22-32/h5-10,23-26,34,36H,2-4,11-22H2,1H3,(H2,33,35,37). The number of unbranched alkanes of at least 4 members (excludes halogenated alkanes) is 2. The maximum atomic E-state index is 12.9. The third-order valence-corrected chi connectivity index (χ3v) is 10.8. The summed E-state index contributed by atoms with van der Waals surface area (Å²) in [5.41, 5.74) is 0.749. The molecule has 0 radical (unpaired) electrons. The number of aliphatic hydroxyl groups is 1. The van der Waals surface area contributed by atoms with E-state index >= 15 is 0 Å². The fourth-order valence-corrected chi connectivity index (χ4v) is 9.04. The fraction of sp³-hybridized carbons (Fsp3) is 0.656. The van der Waals surface area contributed by atoms with Crippen molar-refractivity contribution in [2.24, 2.45) is 17.8 Å². The van der Waals surface area contributed by atoms with Gasteiger partial charge in [0.1, 0.15) is 0 Å². The Bertz CT molecular complexity index is 1280. The van der Waals surface area contributed by atoms with Gasteiger partial charge in [-0.2, -0.15) is 0 Å². The van der Waals surface area contributed by atoms with Gasteiger partial charge in [0.2, 0.25) is 10.0 Å². The largest absolute Gasteiger partial charge is 0.389 e. The van der Waals surface area contributed by atoms with Crippen LogP contribution in [-0.2, 0) is 19.5 Å². The van der Waals surface area contributed by atoms with Crippen molar-refractivity contribution in [2.45, 2.75) is 81.2 Å². The number of fused-ring (bicyclic) bond motifs is 1. The summed E-state index contributed by atoms with van der Waals surface area (Å²) >= 11 is 0. The maximum absolute atomic E-state index is 12.9. The Morgan fingerprint density at radius 2 is 1.52 bits per heavy atom. The number of ether oxygens (including phenoxy) is 2. The van der Waals surface area contributed by atoms with Crippen molar-refractivity contribution in [3.63, 3.8) is 0 Å². The van der Waals surface area contributed by atoms with E-state index in [-0.39, 0.29) is 29.6 Å². The first-order valence-electron chi connectivity index (χ1n) is 15.7. The molecular weight excluding hydrogens is 554 g/mol. The van der Waals surface area contributed by atoms with Crippen molar-refractivity contribution >= 4 is 26.8 Å². The van der Waals surface area contributed by atoms with Crippen LogP contribution in [0.3, 0.4) is 0 Å². The summed E-state index contributed by atoms with van der Waals surface area (Å²) in [6.07, 6.45) is 9.75. The lowest BCUT2D eigenvalue weighted by molar-refractivity contribution is -0.0135. The molecule has 0 heterocycles. The number of aliphatic hydroxyl groups excluding tert-OH is 1. The molecule has 6 rings (SSSR count). The molecule has 0 aliphatic heterocycles. The Morgan fingerprint density at radius 1 is 0.881 bits per heavy atom. The number of benzene rings is 2. The number of hydrogen-bond acceptors (Lipinski definition) is 6. The number of carbonyl (C=O) groups excluding carboxylic acids is 1. The van der Waals surface area contributed by atoms with Gasteiger partial charge in [-0.05, 0) is 99.5 Å². The lowest BCUT2D eigenvalue weighted by Gasteiger charge is -2.56. The number of hydrogen-bond donors (Lipinski definition) is 4. The van der Waals surface area contributed by atoms with Crippen LogP contribution in [0.15, 0.2) is 41.3 Å².